The quantitative estimate of drug-likeness (QED) is 0.316. The highest BCUT2D eigenvalue weighted by Crippen LogP contribution is 2.04. The molecule has 0 saturated carbocycles. The van der Waals surface area contributed by atoms with Gasteiger partial charge in [0.2, 0.25) is 0 Å². The first-order valence-electron chi connectivity index (χ1n) is 2.37. The van der Waals surface area contributed by atoms with Gasteiger partial charge < -0.3 is 4.57 Å². The monoisotopic (exact) mass is 123 g/mol. The maximum Gasteiger partial charge on any atom is 0.196 e. The second-order valence-electron chi connectivity index (χ2n) is 1.53. The van der Waals surface area contributed by atoms with Gasteiger partial charge >= 0.3 is 0 Å². The first-order chi connectivity index (χ1) is 4.34. The Bertz CT molecular complexity index is 243. The molecule has 0 bridgehead atoms. The SMILES string of the molecule is Cn1ccnc1N=[N+]=[N-]. The Hall–Kier alpha value is -1.48. The average molecular weight is 123 g/mol. The number of hydrogen-bond acceptors (Lipinski definition) is 2. The second kappa shape index (κ2) is 2.19. The van der Waals surface area contributed by atoms with Crippen LogP contribution < -0.4 is 0 Å². The number of aryl methyl sites for hydroxylation is 1. The van der Waals surface area contributed by atoms with Gasteiger partial charge in [-0.05, 0) is 10.6 Å². The Morgan fingerprint density at radius 3 is 3.11 bits per heavy atom. The fraction of sp³-hybridized carbons (Fsp3) is 0.250. The highest BCUT2D eigenvalue weighted by atomic mass is 15.3. The molecule has 0 N–H and O–H groups in total. The van der Waals surface area contributed by atoms with Gasteiger partial charge in [-0.1, -0.05) is 0 Å². The first kappa shape index (κ1) is 5.65. The van der Waals surface area contributed by atoms with E-state index in [1.54, 1.807) is 24.0 Å². The molecule has 0 aromatic carbocycles. The molecule has 1 aromatic heterocycles. The molecule has 1 rings (SSSR count). The lowest BCUT2D eigenvalue weighted by Gasteiger charge is -1.87. The second-order valence-corrected chi connectivity index (χ2v) is 1.53. The zero-order valence-corrected chi connectivity index (χ0v) is 4.89. The zero-order chi connectivity index (χ0) is 6.69. The molecule has 0 aliphatic rings. The van der Waals surface area contributed by atoms with E-state index in [1.807, 2.05) is 0 Å². The Morgan fingerprint density at radius 2 is 2.67 bits per heavy atom. The molecule has 0 aliphatic heterocycles. The van der Waals surface area contributed by atoms with Crippen LogP contribution >= 0.6 is 0 Å². The fourth-order valence-electron chi connectivity index (χ4n) is 0.494. The Kier molecular flexibility index (Phi) is 1.38. The topological polar surface area (TPSA) is 66.6 Å². The first-order valence-corrected chi connectivity index (χ1v) is 2.37. The molecule has 5 nitrogen and oxygen atoms in total. The van der Waals surface area contributed by atoms with Crippen LogP contribution in [-0.4, -0.2) is 9.55 Å². The van der Waals surface area contributed by atoms with Crippen molar-refractivity contribution >= 4 is 5.95 Å². The Balaban J connectivity index is 3.07. The third-order valence-electron chi connectivity index (χ3n) is 0.930. The van der Waals surface area contributed by atoms with Crippen molar-refractivity contribution in [1.82, 2.24) is 9.55 Å². The van der Waals surface area contributed by atoms with Crippen molar-refractivity contribution in [3.63, 3.8) is 0 Å². The van der Waals surface area contributed by atoms with Crippen molar-refractivity contribution in [2.45, 2.75) is 0 Å². The normalized spacial score (nSPS) is 8.56. The summed E-state index contributed by atoms with van der Waals surface area (Å²) in [6.07, 6.45) is 3.29. The lowest BCUT2D eigenvalue weighted by Crippen LogP contribution is -1.81. The molecule has 0 saturated heterocycles. The smallest absolute Gasteiger partial charge is 0.196 e. The van der Waals surface area contributed by atoms with Crippen LogP contribution in [0.3, 0.4) is 0 Å². The van der Waals surface area contributed by atoms with Gasteiger partial charge in [-0.15, -0.1) is 0 Å². The van der Waals surface area contributed by atoms with E-state index >= 15 is 0 Å². The standard InChI is InChI=1S/C4H5N5/c1-9-3-2-6-4(9)7-8-5/h2-3H,1H3. The van der Waals surface area contributed by atoms with Crippen molar-refractivity contribution in [3.05, 3.63) is 22.8 Å². The van der Waals surface area contributed by atoms with Gasteiger partial charge in [-0.3, -0.25) is 0 Å². The van der Waals surface area contributed by atoms with Crippen LogP contribution in [0.1, 0.15) is 0 Å². The van der Waals surface area contributed by atoms with Crippen LogP contribution in [0, 0.1) is 0 Å². The molecule has 0 amide bonds. The molecule has 0 spiro atoms. The van der Waals surface area contributed by atoms with Gasteiger partial charge in [-0.2, -0.15) is 0 Å². The molecule has 0 fully saturated rings. The third-order valence-corrected chi connectivity index (χ3v) is 0.930. The Morgan fingerprint density at radius 1 is 1.89 bits per heavy atom. The minimum absolute atomic E-state index is 0.387. The molecule has 0 aliphatic carbocycles. The van der Waals surface area contributed by atoms with Crippen molar-refractivity contribution in [1.29, 1.82) is 0 Å². The predicted octanol–water partition coefficient (Wildman–Crippen LogP) is 1.36. The van der Waals surface area contributed by atoms with Crippen LogP contribution in [0.2, 0.25) is 0 Å². The van der Waals surface area contributed by atoms with Gasteiger partial charge in [0.25, 0.3) is 0 Å². The number of aromatic nitrogens is 2. The molecule has 0 radical (unpaired) electrons. The molecule has 9 heavy (non-hydrogen) atoms. The van der Waals surface area contributed by atoms with E-state index in [0.29, 0.717) is 5.95 Å². The molecular weight excluding hydrogens is 118 g/mol. The summed E-state index contributed by atoms with van der Waals surface area (Å²) < 4.78 is 1.64. The van der Waals surface area contributed by atoms with E-state index in [2.05, 4.69) is 15.0 Å². The largest absolute Gasteiger partial charge is 0.333 e. The van der Waals surface area contributed by atoms with Crippen molar-refractivity contribution in [3.8, 4) is 0 Å². The number of rotatable bonds is 1. The number of nitrogens with zero attached hydrogens (tertiary/aromatic N) is 5. The maximum atomic E-state index is 7.97. The third kappa shape index (κ3) is 1.00. The van der Waals surface area contributed by atoms with Crippen LogP contribution in [0.25, 0.3) is 10.4 Å². The minimum Gasteiger partial charge on any atom is -0.333 e. The summed E-state index contributed by atoms with van der Waals surface area (Å²) in [5.41, 5.74) is 7.97. The number of hydrogen-bond donors (Lipinski definition) is 0. The molecule has 0 atom stereocenters. The van der Waals surface area contributed by atoms with Crippen LogP contribution in [0.5, 0.6) is 0 Å². The lowest BCUT2D eigenvalue weighted by molar-refractivity contribution is 0.908. The van der Waals surface area contributed by atoms with E-state index < -0.39 is 0 Å². The van der Waals surface area contributed by atoms with E-state index in [-0.39, 0.29) is 0 Å². The highest BCUT2D eigenvalue weighted by Gasteiger charge is 1.90. The van der Waals surface area contributed by atoms with Gasteiger partial charge in [0, 0.05) is 24.4 Å². The minimum atomic E-state index is 0.387. The summed E-state index contributed by atoms with van der Waals surface area (Å²) >= 11 is 0. The fourth-order valence-corrected chi connectivity index (χ4v) is 0.494. The number of imidazole rings is 1. The van der Waals surface area contributed by atoms with Gasteiger partial charge in [0.05, 0.1) is 0 Å². The molecule has 5 heteroatoms. The summed E-state index contributed by atoms with van der Waals surface area (Å²) in [4.78, 5) is 6.33. The van der Waals surface area contributed by atoms with Crippen molar-refractivity contribution < 1.29 is 0 Å². The van der Waals surface area contributed by atoms with E-state index in [9.17, 15) is 0 Å². The molecular formula is C4H5N5. The number of azide groups is 1. The summed E-state index contributed by atoms with van der Waals surface area (Å²) in [7, 11) is 1.76. The maximum absolute atomic E-state index is 7.97. The lowest BCUT2D eigenvalue weighted by atomic mass is 10.9. The van der Waals surface area contributed by atoms with Gasteiger partial charge in [-0.25, -0.2) is 4.98 Å². The molecule has 0 unspecified atom stereocenters. The summed E-state index contributed by atoms with van der Waals surface area (Å²) in [5, 5.41) is 3.30. The molecule has 1 aromatic rings. The van der Waals surface area contributed by atoms with Crippen LogP contribution in [-0.2, 0) is 7.05 Å². The average Bonchev–Trinajstić information content (AvgIpc) is 2.18. The molecule has 46 valence electrons. The van der Waals surface area contributed by atoms with Crippen LogP contribution in [0.15, 0.2) is 17.5 Å². The summed E-state index contributed by atoms with van der Waals surface area (Å²) in [6, 6.07) is 0. The highest BCUT2D eigenvalue weighted by molar-refractivity contribution is 5.14. The molecule has 1 heterocycles. The van der Waals surface area contributed by atoms with E-state index in [4.69, 9.17) is 5.53 Å². The summed E-state index contributed by atoms with van der Waals surface area (Å²) in [6.45, 7) is 0. The predicted molar refractivity (Wildman–Crippen MR) is 32.0 cm³/mol. The van der Waals surface area contributed by atoms with Gasteiger partial charge in [0.15, 0.2) is 5.95 Å². The van der Waals surface area contributed by atoms with E-state index in [1.165, 1.54) is 0 Å². The van der Waals surface area contributed by atoms with Crippen molar-refractivity contribution in [2.24, 2.45) is 12.2 Å². The van der Waals surface area contributed by atoms with Gasteiger partial charge in [0.1, 0.15) is 0 Å². The summed E-state index contributed by atoms with van der Waals surface area (Å²) in [5.74, 6) is 0.387. The zero-order valence-electron chi connectivity index (χ0n) is 4.89. The van der Waals surface area contributed by atoms with E-state index in [0.717, 1.165) is 0 Å². The van der Waals surface area contributed by atoms with Crippen molar-refractivity contribution in [2.75, 3.05) is 0 Å². The van der Waals surface area contributed by atoms with Crippen LogP contribution in [0.4, 0.5) is 5.95 Å². The Labute approximate surface area is 51.6 Å².